The fourth-order valence-corrected chi connectivity index (χ4v) is 3.71. The Hall–Kier alpha value is -2.50. The molecule has 1 fully saturated rings. The Labute approximate surface area is 167 Å². The van der Waals surface area contributed by atoms with Crippen LogP contribution in [-0.4, -0.2) is 35.6 Å². The van der Waals surface area contributed by atoms with Crippen molar-refractivity contribution in [3.05, 3.63) is 66.1 Å². The minimum atomic E-state index is 0.0201. The van der Waals surface area contributed by atoms with Crippen LogP contribution in [-0.2, 0) is 0 Å². The van der Waals surface area contributed by atoms with Crippen molar-refractivity contribution in [2.45, 2.75) is 37.6 Å². The Balaban J connectivity index is 1.63. The predicted molar refractivity (Wildman–Crippen MR) is 115 cm³/mol. The van der Waals surface area contributed by atoms with Crippen LogP contribution in [0, 0.1) is 0 Å². The zero-order valence-corrected chi connectivity index (χ0v) is 16.7. The number of likely N-dealkylation sites (N-methyl/N-ethyl adjacent to an activating group) is 1. The van der Waals surface area contributed by atoms with E-state index in [1.165, 1.54) is 0 Å². The highest BCUT2D eigenvalue weighted by molar-refractivity contribution is 5.63. The van der Waals surface area contributed by atoms with Gasteiger partial charge in [-0.05, 0) is 52.4 Å². The summed E-state index contributed by atoms with van der Waals surface area (Å²) in [6.07, 6.45) is 9.68. The maximum absolute atomic E-state index is 4.93. The Kier molecular flexibility index (Phi) is 5.55. The monoisotopic (exact) mass is 375 g/mol. The van der Waals surface area contributed by atoms with Crippen molar-refractivity contribution in [2.24, 2.45) is 0 Å². The number of anilines is 1. The summed E-state index contributed by atoms with van der Waals surface area (Å²) in [6.45, 7) is 4.26. The summed E-state index contributed by atoms with van der Waals surface area (Å²) in [5.74, 6) is 2.23. The third kappa shape index (κ3) is 4.32. The van der Waals surface area contributed by atoms with E-state index in [0.29, 0.717) is 5.92 Å². The summed E-state index contributed by atoms with van der Waals surface area (Å²) in [5, 5.41) is 10.3. The van der Waals surface area contributed by atoms with Crippen LogP contribution in [0.3, 0.4) is 0 Å². The Bertz CT molecular complexity index is 868. The summed E-state index contributed by atoms with van der Waals surface area (Å²) < 4.78 is 0. The van der Waals surface area contributed by atoms with Gasteiger partial charge in [-0.15, -0.1) is 0 Å². The van der Waals surface area contributed by atoms with Crippen molar-refractivity contribution in [3.63, 3.8) is 0 Å². The summed E-state index contributed by atoms with van der Waals surface area (Å²) in [4.78, 5) is 9.82. The standard InChI is InChI=1S/C23H29N5/c1-23(24-2)12-8-19(9-13-23)26-21-16-20(17-6-4-3-5-7-17)27-22(28-21)18-10-14-25-15-11-18/h3-9,12,16,18,24-25H,10-11,13-15H2,1-2H3,(H,26,27,28). The molecule has 1 aromatic heterocycles. The van der Waals surface area contributed by atoms with Crippen LogP contribution in [0.1, 0.15) is 37.9 Å². The molecule has 5 nitrogen and oxygen atoms in total. The fourth-order valence-electron chi connectivity index (χ4n) is 3.71. The van der Waals surface area contributed by atoms with Crippen LogP contribution in [0.4, 0.5) is 5.82 Å². The second kappa shape index (κ2) is 8.25. The van der Waals surface area contributed by atoms with E-state index in [1.807, 2.05) is 13.1 Å². The van der Waals surface area contributed by atoms with Gasteiger partial charge in [0.1, 0.15) is 11.6 Å². The lowest BCUT2D eigenvalue weighted by Crippen LogP contribution is -2.38. The SMILES string of the molecule is CNC1(C)C=CC(Nc2cc(-c3ccccc3)nc(C3CCNCC3)n2)=CC1. The van der Waals surface area contributed by atoms with Crippen molar-refractivity contribution in [2.75, 3.05) is 25.5 Å². The highest BCUT2D eigenvalue weighted by Gasteiger charge is 2.22. The Morgan fingerprint density at radius 2 is 1.89 bits per heavy atom. The second-order valence-corrected chi connectivity index (χ2v) is 7.88. The molecule has 0 amide bonds. The number of hydrogen-bond acceptors (Lipinski definition) is 5. The summed E-state index contributed by atoms with van der Waals surface area (Å²) >= 11 is 0. The van der Waals surface area contributed by atoms with Gasteiger partial charge in [-0.25, -0.2) is 9.97 Å². The number of hydrogen-bond donors (Lipinski definition) is 3. The van der Waals surface area contributed by atoms with E-state index >= 15 is 0 Å². The minimum absolute atomic E-state index is 0.0201. The first-order valence-electron chi connectivity index (χ1n) is 10.2. The van der Waals surface area contributed by atoms with E-state index in [4.69, 9.17) is 9.97 Å². The average molecular weight is 376 g/mol. The van der Waals surface area contributed by atoms with Gasteiger partial charge in [-0.2, -0.15) is 0 Å². The number of benzene rings is 1. The van der Waals surface area contributed by atoms with Crippen LogP contribution in [0.25, 0.3) is 11.3 Å². The van der Waals surface area contributed by atoms with Crippen LogP contribution >= 0.6 is 0 Å². The summed E-state index contributed by atoms with van der Waals surface area (Å²) in [7, 11) is 2.00. The number of nitrogens with zero attached hydrogens (tertiary/aromatic N) is 2. The van der Waals surface area contributed by atoms with Crippen molar-refractivity contribution in [3.8, 4) is 11.3 Å². The lowest BCUT2D eigenvalue weighted by Gasteiger charge is -2.27. The Morgan fingerprint density at radius 1 is 1.11 bits per heavy atom. The molecule has 1 aliphatic heterocycles. The molecule has 0 saturated carbocycles. The quantitative estimate of drug-likeness (QED) is 0.741. The van der Waals surface area contributed by atoms with E-state index in [0.717, 1.165) is 60.9 Å². The van der Waals surface area contributed by atoms with Gasteiger partial charge in [0.25, 0.3) is 0 Å². The van der Waals surface area contributed by atoms with Crippen molar-refractivity contribution < 1.29 is 0 Å². The molecule has 2 aromatic rings. The number of nitrogens with one attached hydrogen (secondary N) is 3. The molecular weight excluding hydrogens is 346 g/mol. The molecular formula is C23H29N5. The normalized spacial score (nSPS) is 22.7. The third-order valence-electron chi connectivity index (χ3n) is 5.74. The van der Waals surface area contributed by atoms with Crippen LogP contribution in [0.15, 0.2) is 60.3 Å². The van der Waals surface area contributed by atoms with Crippen LogP contribution in [0.5, 0.6) is 0 Å². The maximum atomic E-state index is 4.93. The summed E-state index contributed by atoms with van der Waals surface area (Å²) in [6, 6.07) is 12.4. The maximum Gasteiger partial charge on any atom is 0.134 e. The molecule has 5 heteroatoms. The number of piperidine rings is 1. The molecule has 1 atom stereocenters. The van der Waals surface area contributed by atoms with Gasteiger partial charge in [0.05, 0.1) is 5.69 Å². The third-order valence-corrected chi connectivity index (χ3v) is 5.74. The molecule has 146 valence electrons. The van der Waals surface area contributed by atoms with Gasteiger partial charge in [-0.1, -0.05) is 42.5 Å². The fraction of sp³-hybridized carbons (Fsp3) is 0.391. The van der Waals surface area contributed by atoms with E-state index in [2.05, 4.69) is 71.4 Å². The molecule has 0 radical (unpaired) electrons. The smallest absolute Gasteiger partial charge is 0.134 e. The molecule has 0 spiro atoms. The number of aromatic nitrogens is 2. The molecule has 1 saturated heterocycles. The molecule has 1 aromatic carbocycles. The predicted octanol–water partition coefficient (Wildman–Crippen LogP) is 3.84. The zero-order chi connectivity index (χ0) is 19.4. The molecule has 3 N–H and O–H groups in total. The highest BCUT2D eigenvalue weighted by atomic mass is 15.0. The second-order valence-electron chi connectivity index (χ2n) is 7.88. The minimum Gasteiger partial charge on any atom is -0.340 e. The molecule has 1 aliphatic carbocycles. The molecule has 0 bridgehead atoms. The van der Waals surface area contributed by atoms with E-state index in [1.54, 1.807) is 0 Å². The van der Waals surface area contributed by atoms with E-state index in [9.17, 15) is 0 Å². The van der Waals surface area contributed by atoms with Crippen LogP contribution < -0.4 is 16.0 Å². The topological polar surface area (TPSA) is 61.9 Å². The van der Waals surface area contributed by atoms with Gasteiger partial charge in [-0.3, -0.25) is 0 Å². The lowest BCUT2D eigenvalue weighted by atomic mass is 9.93. The first kappa shape index (κ1) is 18.8. The Morgan fingerprint density at radius 3 is 2.57 bits per heavy atom. The van der Waals surface area contributed by atoms with Crippen molar-refractivity contribution >= 4 is 5.82 Å². The van der Waals surface area contributed by atoms with Crippen molar-refractivity contribution in [1.29, 1.82) is 0 Å². The summed E-state index contributed by atoms with van der Waals surface area (Å²) in [5.41, 5.74) is 3.21. The first-order chi connectivity index (χ1) is 13.6. The molecule has 4 rings (SSSR count). The lowest BCUT2D eigenvalue weighted by molar-refractivity contribution is 0.445. The average Bonchev–Trinajstić information content (AvgIpc) is 2.76. The van der Waals surface area contributed by atoms with Gasteiger partial charge in [0, 0.05) is 28.8 Å². The highest BCUT2D eigenvalue weighted by Crippen LogP contribution is 2.28. The first-order valence-corrected chi connectivity index (χ1v) is 10.2. The number of rotatable bonds is 5. The van der Waals surface area contributed by atoms with Crippen molar-refractivity contribution in [1.82, 2.24) is 20.6 Å². The van der Waals surface area contributed by atoms with Crippen LogP contribution in [0.2, 0.25) is 0 Å². The van der Waals surface area contributed by atoms with Gasteiger partial charge >= 0.3 is 0 Å². The number of allylic oxidation sites excluding steroid dienone is 1. The van der Waals surface area contributed by atoms with Gasteiger partial charge < -0.3 is 16.0 Å². The van der Waals surface area contributed by atoms with Gasteiger partial charge in [0.2, 0.25) is 0 Å². The van der Waals surface area contributed by atoms with E-state index in [-0.39, 0.29) is 5.54 Å². The molecule has 1 unspecified atom stereocenters. The van der Waals surface area contributed by atoms with E-state index < -0.39 is 0 Å². The molecule has 28 heavy (non-hydrogen) atoms. The zero-order valence-electron chi connectivity index (χ0n) is 16.7. The molecule has 2 aliphatic rings. The molecule has 2 heterocycles. The van der Waals surface area contributed by atoms with Gasteiger partial charge in [0.15, 0.2) is 0 Å². The largest absolute Gasteiger partial charge is 0.340 e.